The molecule has 1 saturated heterocycles. The molecule has 0 radical (unpaired) electrons. The Morgan fingerprint density at radius 1 is 0.970 bits per heavy atom. The highest BCUT2D eigenvalue weighted by atomic mass is 15.2. The number of anilines is 1. The summed E-state index contributed by atoms with van der Waals surface area (Å²) in [6.45, 7) is 5.30. The van der Waals surface area contributed by atoms with Gasteiger partial charge in [0.25, 0.3) is 0 Å². The van der Waals surface area contributed by atoms with Crippen molar-refractivity contribution in [3.05, 3.63) is 78.5 Å². The zero-order valence-electron chi connectivity index (χ0n) is 19.3. The molecule has 1 aliphatic rings. The monoisotopic (exact) mass is 438 g/mol. The summed E-state index contributed by atoms with van der Waals surface area (Å²) in [5.74, 6) is 0.827. The molecular formula is C27H30N6. The summed E-state index contributed by atoms with van der Waals surface area (Å²) in [7, 11) is 1.94. The average molecular weight is 439 g/mol. The molecule has 6 nitrogen and oxygen atoms in total. The molecule has 0 aliphatic carbocycles. The fourth-order valence-electron chi connectivity index (χ4n) is 4.49. The van der Waals surface area contributed by atoms with Crippen LogP contribution in [-0.4, -0.2) is 37.7 Å². The summed E-state index contributed by atoms with van der Waals surface area (Å²) in [6, 6.07) is 12.8. The summed E-state index contributed by atoms with van der Waals surface area (Å²) in [4.78, 5) is 11.8. The summed E-state index contributed by atoms with van der Waals surface area (Å²) >= 11 is 0. The highest BCUT2D eigenvalue weighted by Crippen LogP contribution is 2.26. The number of fused-ring (bicyclic) bond motifs is 1. The second kappa shape index (κ2) is 9.55. The molecular weight excluding hydrogens is 408 g/mol. The quantitative estimate of drug-likeness (QED) is 0.431. The van der Waals surface area contributed by atoms with E-state index in [9.17, 15) is 0 Å². The standard InChI is InChI=1S/C27H30N6/c1-3-26(21-9-10-28-25(14-21)19-33-11-5-4-6-12-33)31-27-15-23-13-20(7-8-22(23)16-29-27)24-17-30-32(2)18-24/h3,7-10,13-18H,4-6,11-12,19H2,1-2H3,(H,29,31)/b26-3+. The second-order valence-electron chi connectivity index (χ2n) is 8.73. The van der Waals surface area contributed by atoms with Crippen LogP contribution in [0.2, 0.25) is 0 Å². The van der Waals surface area contributed by atoms with E-state index in [4.69, 9.17) is 0 Å². The van der Waals surface area contributed by atoms with Gasteiger partial charge in [-0.3, -0.25) is 14.6 Å². The Balaban J connectivity index is 1.37. The maximum atomic E-state index is 4.65. The molecule has 0 atom stereocenters. The van der Waals surface area contributed by atoms with E-state index < -0.39 is 0 Å². The van der Waals surface area contributed by atoms with Gasteiger partial charge in [-0.15, -0.1) is 0 Å². The van der Waals surface area contributed by atoms with Crippen molar-refractivity contribution >= 4 is 22.3 Å². The number of piperidine rings is 1. The molecule has 1 aromatic carbocycles. The number of nitrogens with one attached hydrogen (secondary N) is 1. The number of nitrogens with zero attached hydrogens (tertiary/aromatic N) is 5. The van der Waals surface area contributed by atoms with Gasteiger partial charge in [-0.05, 0) is 68.1 Å². The molecule has 33 heavy (non-hydrogen) atoms. The Morgan fingerprint density at radius 2 is 1.85 bits per heavy atom. The van der Waals surface area contributed by atoms with Crippen LogP contribution < -0.4 is 5.32 Å². The van der Waals surface area contributed by atoms with Gasteiger partial charge >= 0.3 is 0 Å². The minimum Gasteiger partial charge on any atom is -0.340 e. The first-order valence-corrected chi connectivity index (χ1v) is 11.7. The third-order valence-electron chi connectivity index (χ3n) is 6.27. The lowest BCUT2D eigenvalue weighted by Gasteiger charge is -2.26. The Morgan fingerprint density at radius 3 is 2.64 bits per heavy atom. The minimum absolute atomic E-state index is 0.827. The summed E-state index contributed by atoms with van der Waals surface area (Å²) in [5.41, 5.74) is 5.54. The van der Waals surface area contributed by atoms with E-state index in [-0.39, 0.29) is 0 Å². The number of likely N-dealkylation sites (tertiary alicyclic amines) is 1. The minimum atomic E-state index is 0.827. The molecule has 0 saturated carbocycles. The Hall–Kier alpha value is -3.51. The molecule has 168 valence electrons. The molecule has 0 spiro atoms. The third-order valence-corrected chi connectivity index (χ3v) is 6.27. The molecule has 4 heterocycles. The summed E-state index contributed by atoms with van der Waals surface area (Å²) in [6.07, 6.45) is 13.8. The summed E-state index contributed by atoms with van der Waals surface area (Å²) < 4.78 is 1.83. The van der Waals surface area contributed by atoms with Crippen LogP contribution in [-0.2, 0) is 13.6 Å². The maximum Gasteiger partial charge on any atom is 0.130 e. The number of pyridine rings is 2. The van der Waals surface area contributed by atoms with Crippen molar-refractivity contribution < 1.29 is 0 Å². The van der Waals surface area contributed by atoms with Crippen LogP contribution in [0, 0.1) is 0 Å². The number of allylic oxidation sites excluding steroid dienone is 1. The van der Waals surface area contributed by atoms with Gasteiger partial charge in [-0.2, -0.15) is 5.10 Å². The predicted molar refractivity (Wildman–Crippen MR) is 135 cm³/mol. The molecule has 1 N–H and O–H groups in total. The van der Waals surface area contributed by atoms with Crippen LogP contribution in [0.3, 0.4) is 0 Å². The zero-order valence-corrected chi connectivity index (χ0v) is 19.3. The topological polar surface area (TPSA) is 58.9 Å². The first-order valence-electron chi connectivity index (χ1n) is 11.7. The molecule has 4 aromatic rings. The van der Waals surface area contributed by atoms with Crippen LogP contribution in [0.15, 0.2) is 67.3 Å². The van der Waals surface area contributed by atoms with Crippen LogP contribution in [0.25, 0.3) is 27.6 Å². The van der Waals surface area contributed by atoms with E-state index in [1.807, 2.05) is 36.5 Å². The fraction of sp³-hybridized carbons (Fsp3) is 0.296. The predicted octanol–water partition coefficient (Wildman–Crippen LogP) is 5.49. The molecule has 1 fully saturated rings. The lowest BCUT2D eigenvalue weighted by Crippen LogP contribution is -2.29. The van der Waals surface area contributed by atoms with Crippen LogP contribution in [0.4, 0.5) is 5.82 Å². The van der Waals surface area contributed by atoms with Gasteiger partial charge in [0.15, 0.2) is 0 Å². The number of hydrogen-bond donors (Lipinski definition) is 1. The van der Waals surface area contributed by atoms with Gasteiger partial charge in [0.1, 0.15) is 5.82 Å². The highest BCUT2D eigenvalue weighted by Gasteiger charge is 2.12. The molecule has 0 bridgehead atoms. The van der Waals surface area contributed by atoms with Crippen LogP contribution >= 0.6 is 0 Å². The molecule has 1 aliphatic heterocycles. The SMILES string of the molecule is C/C=C(/Nc1cc2cc(-c3cnn(C)c3)ccc2cn1)c1ccnc(CN2CCCCC2)c1. The zero-order chi connectivity index (χ0) is 22.6. The molecule has 0 amide bonds. The second-order valence-corrected chi connectivity index (χ2v) is 8.73. The number of rotatable bonds is 6. The normalized spacial score (nSPS) is 15.2. The molecule has 5 rings (SSSR count). The van der Waals surface area contributed by atoms with E-state index in [0.717, 1.165) is 51.2 Å². The van der Waals surface area contributed by atoms with Gasteiger partial charge in [0.2, 0.25) is 0 Å². The van der Waals surface area contributed by atoms with E-state index >= 15 is 0 Å². The molecule has 6 heteroatoms. The lowest BCUT2D eigenvalue weighted by atomic mass is 10.0. The van der Waals surface area contributed by atoms with E-state index in [0.29, 0.717) is 0 Å². The van der Waals surface area contributed by atoms with Crippen molar-refractivity contribution in [3.63, 3.8) is 0 Å². The molecule has 3 aromatic heterocycles. The van der Waals surface area contributed by atoms with E-state index in [2.05, 4.69) is 74.7 Å². The average Bonchev–Trinajstić information content (AvgIpc) is 3.29. The van der Waals surface area contributed by atoms with Gasteiger partial charge in [0, 0.05) is 54.4 Å². The van der Waals surface area contributed by atoms with Crippen molar-refractivity contribution in [1.29, 1.82) is 0 Å². The Bertz CT molecular complexity index is 1280. The van der Waals surface area contributed by atoms with Crippen molar-refractivity contribution in [2.45, 2.75) is 32.7 Å². The Kier molecular flexibility index (Phi) is 6.17. The maximum absolute atomic E-state index is 4.65. The highest BCUT2D eigenvalue weighted by molar-refractivity contribution is 5.89. The Labute approximate surface area is 195 Å². The molecule has 0 unspecified atom stereocenters. The number of benzene rings is 1. The van der Waals surface area contributed by atoms with Gasteiger partial charge in [-0.1, -0.05) is 24.6 Å². The van der Waals surface area contributed by atoms with Gasteiger partial charge in [0.05, 0.1) is 11.9 Å². The largest absolute Gasteiger partial charge is 0.340 e. The number of hydrogen-bond acceptors (Lipinski definition) is 5. The van der Waals surface area contributed by atoms with Crippen molar-refractivity contribution in [3.8, 4) is 11.1 Å². The van der Waals surface area contributed by atoms with Crippen molar-refractivity contribution in [1.82, 2.24) is 24.6 Å². The summed E-state index contributed by atoms with van der Waals surface area (Å²) in [5, 5.41) is 10.1. The first kappa shape index (κ1) is 21.3. The van der Waals surface area contributed by atoms with Gasteiger partial charge < -0.3 is 5.32 Å². The lowest BCUT2D eigenvalue weighted by molar-refractivity contribution is 0.218. The van der Waals surface area contributed by atoms with Crippen LogP contribution in [0.1, 0.15) is 37.4 Å². The van der Waals surface area contributed by atoms with E-state index in [1.54, 1.807) is 0 Å². The van der Waals surface area contributed by atoms with Gasteiger partial charge in [-0.25, -0.2) is 4.98 Å². The first-order chi connectivity index (χ1) is 16.2. The van der Waals surface area contributed by atoms with Crippen molar-refractivity contribution in [2.75, 3.05) is 18.4 Å². The number of aryl methyl sites for hydroxylation is 1. The van der Waals surface area contributed by atoms with Crippen molar-refractivity contribution in [2.24, 2.45) is 7.05 Å². The number of aromatic nitrogens is 4. The third kappa shape index (κ3) is 4.96. The van der Waals surface area contributed by atoms with E-state index in [1.165, 1.54) is 32.4 Å². The smallest absolute Gasteiger partial charge is 0.130 e. The fourth-order valence-corrected chi connectivity index (χ4v) is 4.49. The van der Waals surface area contributed by atoms with Crippen LogP contribution in [0.5, 0.6) is 0 Å².